The first-order valence-corrected chi connectivity index (χ1v) is 8.48. The highest BCUT2D eigenvalue weighted by Crippen LogP contribution is 2.23. The van der Waals surface area contributed by atoms with Crippen molar-refractivity contribution in [3.8, 4) is 0 Å². The maximum absolute atomic E-state index is 12.5. The molecular formula is C19H21BrN2O2. The van der Waals surface area contributed by atoms with Gasteiger partial charge >= 0.3 is 0 Å². The molecule has 0 saturated carbocycles. The molecule has 0 aliphatic rings. The average molecular weight is 389 g/mol. The Hall–Kier alpha value is -2.14. The zero-order valence-electron chi connectivity index (χ0n) is 14.3. The van der Waals surface area contributed by atoms with Crippen molar-refractivity contribution in [2.75, 3.05) is 16.8 Å². The fourth-order valence-electron chi connectivity index (χ4n) is 2.73. The van der Waals surface area contributed by atoms with Crippen LogP contribution in [0, 0.1) is 20.8 Å². The zero-order chi connectivity index (χ0) is 17.9. The maximum atomic E-state index is 12.5. The lowest BCUT2D eigenvalue weighted by Gasteiger charge is -2.21. The van der Waals surface area contributed by atoms with Crippen molar-refractivity contribution in [1.29, 1.82) is 0 Å². The summed E-state index contributed by atoms with van der Waals surface area (Å²) >= 11 is 3.39. The quantitative estimate of drug-likeness (QED) is 0.845. The van der Waals surface area contributed by atoms with Gasteiger partial charge in [-0.25, -0.2) is 0 Å². The van der Waals surface area contributed by atoms with Crippen molar-refractivity contribution < 1.29 is 9.59 Å². The van der Waals surface area contributed by atoms with Gasteiger partial charge in [-0.1, -0.05) is 39.7 Å². The van der Waals surface area contributed by atoms with Crippen LogP contribution < -0.4 is 10.2 Å². The Labute approximate surface area is 151 Å². The number of aryl methyl sites for hydroxylation is 3. The number of carbonyl (C=O) groups is 2. The molecule has 2 amide bonds. The summed E-state index contributed by atoms with van der Waals surface area (Å²) < 4.78 is 0.858. The van der Waals surface area contributed by atoms with Gasteiger partial charge in [0.2, 0.25) is 11.8 Å². The molecule has 2 aromatic carbocycles. The second kappa shape index (κ2) is 7.62. The van der Waals surface area contributed by atoms with Crippen LogP contribution >= 0.6 is 15.9 Å². The molecule has 0 aliphatic carbocycles. The van der Waals surface area contributed by atoms with Crippen LogP contribution in [0.4, 0.5) is 11.4 Å². The number of benzene rings is 2. The monoisotopic (exact) mass is 388 g/mol. The molecule has 0 spiro atoms. The molecule has 5 heteroatoms. The van der Waals surface area contributed by atoms with E-state index in [0.717, 1.165) is 26.9 Å². The Kier molecular flexibility index (Phi) is 5.78. The predicted octanol–water partition coefficient (Wildman–Crippen LogP) is 4.37. The number of carbonyl (C=O) groups excluding carboxylic acids is 2. The van der Waals surface area contributed by atoms with Crippen LogP contribution in [0.1, 0.15) is 23.6 Å². The largest absolute Gasteiger partial charge is 0.324 e. The zero-order valence-corrected chi connectivity index (χ0v) is 15.9. The summed E-state index contributed by atoms with van der Waals surface area (Å²) in [7, 11) is 0. The number of nitrogens with one attached hydrogen (secondary N) is 1. The predicted molar refractivity (Wildman–Crippen MR) is 101 cm³/mol. The molecular weight excluding hydrogens is 368 g/mol. The van der Waals surface area contributed by atoms with Crippen molar-refractivity contribution in [2.24, 2.45) is 0 Å². The van der Waals surface area contributed by atoms with Crippen molar-refractivity contribution in [2.45, 2.75) is 27.7 Å². The van der Waals surface area contributed by atoms with E-state index in [2.05, 4.69) is 21.2 Å². The summed E-state index contributed by atoms with van der Waals surface area (Å²) in [5, 5.41) is 2.93. The van der Waals surface area contributed by atoms with Crippen molar-refractivity contribution in [3.05, 3.63) is 57.6 Å². The second-order valence-electron chi connectivity index (χ2n) is 5.91. The first-order chi connectivity index (χ1) is 11.3. The number of amides is 2. The third-order valence-electron chi connectivity index (χ3n) is 3.74. The fraction of sp³-hybridized carbons (Fsp3) is 0.263. The van der Waals surface area contributed by atoms with Crippen LogP contribution in [-0.4, -0.2) is 18.4 Å². The molecule has 4 nitrogen and oxygen atoms in total. The van der Waals surface area contributed by atoms with Gasteiger partial charge in [0.25, 0.3) is 0 Å². The summed E-state index contributed by atoms with van der Waals surface area (Å²) in [6.45, 7) is 7.38. The molecule has 2 aromatic rings. The van der Waals surface area contributed by atoms with Crippen LogP contribution in [0.3, 0.4) is 0 Å². The van der Waals surface area contributed by atoms with E-state index in [4.69, 9.17) is 0 Å². The van der Waals surface area contributed by atoms with Gasteiger partial charge in [0.05, 0.1) is 0 Å². The summed E-state index contributed by atoms with van der Waals surface area (Å²) in [6.07, 6.45) is 0. The maximum Gasteiger partial charge on any atom is 0.244 e. The average Bonchev–Trinajstić information content (AvgIpc) is 2.48. The number of nitrogens with zero attached hydrogens (tertiary/aromatic N) is 1. The summed E-state index contributed by atoms with van der Waals surface area (Å²) in [4.78, 5) is 25.9. The number of hydrogen-bond donors (Lipinski definition) is 1. The topological polar surface area (TPSA) is 49.4 Å². The third-order valence-corrected chi connectivity index (χ3v) is 4.24. The van der Waals surface area contributed by atoms with Crippen molar-refractivity contribution in [3.63, 3.8) is 0 Å². The first kappa shape index (κ1) is 18.2. The Morgan fingerprint density at radius 2 is 1.71 bits per heavy atom. The van der Waals surface area contributed by atoms with E-state index in [9.17, 15) is 9.59 Å². The molecule has 0 fully saturated rings. The highest BCUT2D eigenvalue weighted by molar-refractivity contribution is 9.10. The Morgan fingerprint density at radius 3 is 2.25 bits per heavy atom. The summed E-state index contributed by atoms with van der Waals surface area (Å²) in [5.41, 5.74) is 4.67. The molecule has 0 unspecified atom stereocenters. The summed E-state index contributed by atoms with van der Waals surface area (Å²) in [5.74, 6) is -0.402. The molecule has 0 atom stereocenters. The highest BCUT2D eigenvalue weighted by atomic mass is 79.9. The van der Waals surface area contributed by atoms with E-state index >= 15 is 0 Å². The van der Waals surface area contributed by atoms with Gasteiger partial charge in [0.15, 0.2) is 0 Å². The molecule has 0 bridgehead atoms. The standard InChI is InChI=1S/C19H21BrN2O2/c1-12-8-13(2)19(14(3)9-12)21-18(24)11-22(15(4)23)17-7-5-6-16(20)10-17/h5-10H,11H2,1-4H3,(H,21,24). The molecule has 0 saturated heterocycles. The number of rotatable bonds is 4. The van der Waals surface area contributed by atoms with Gasteiger partial charge in [0.1, 0.15) is 6.54 Å². The SMILES string of the molecule is CC(=O)N(CC(=O)Nc1c(C)cc(C)cc1C)c1cccc(Br)c1. The minimum Gasteiger partial charge on any atom is -0.324 e. The Bertz CT molecular complexity index is 764. The molecule has 0 heterocycles. The van der Waals surface area contributed by atoms with E-state index in [-0.39, 0.29) is 18.4 Å². The third kappa shape index (κ3) is 4.45. The normalized spacial score (nSPS) is 10.4. The smallest absolute Gasteiger partial charge is 0.244 e. The minimum atomic E-state index is -0.222. The van der Waals surface area contributed by atoms with Crippen LogP contribution in [0.2, 0.25) is 0 Å². The molecule has 0 radical (unpaired) electrons. The molecule has 0 aliphatic heterocycles. The van der Waals surface area contributed by atoms with Gasteiger partial charge < -0.3 is 10.2 Å². The molecule has 0 aromatic heterocycles. The van der Waals surface area contributed by atoms with Gasteiger partial charge in [0, 0.05) is 22.8 Å². The molecule has 24 heavy (non-hydrogen) atoms. The van der Waals surface area contributed by atoms with E-state index < -0.39 is 0 Å². The Morgan fingerprint density at radius 1 is 1.08 bits per heavy atom. The van der Waals surface area contributed by atoms with E-state index in [1.54, 1.807) is 0 Å². The lowest BCUT2D eigenvalue weighted by atomic mass is 10.1. The van der Waals surface area contributed by atoms with E-state index in [1.807, 2.05) is 57.2 Å². The molecule has 1 N–H and O–H groups in total. The molecule has 126 valence electrons. The van der Waals surface area contributed by atoms with Gasteiger partial charge in [-0.3, -0.25) is 9.59 Å². The molecule has 2 rings (SSSR count). The number of halogens is 1. The van der Waals surface area contributed by atoms with Gasteiger partial charge in [-0.2, -0.15) is 0 Å². The van der Waals surface area contributed by atoms with E-state index in [1.165, 1.54) is 11.8 Å². The fourth-order valence-corrected chi connectivity index (χ4v) is 3.12. The van der Waals surface area contributed by atoms with Gasteiger partial charge in [-0.15, -0.1) is 0 Å². The minimum absolute atomic E-state index is 0.0292. The van der Waals surface area contributed by atoms with Crippen LogP contribution in [0.5, 0.6) is 0 Å². The van der Waals surface area contributed by atoms with Crippen molar-refractivity contribution >= 4 is 39.1 Å². The number of hydrogen-bond acceptors (Lipinski definition) is 2. The first-order valence-electron chi connectivity index (χ1n) is 7.69. The lowest BCUT2D eigenvalue weighted by molar-refractivity contribution is -0.120. The Balaban J connectivity index is 2.19. The second-order valence-corrected chi connectivity index (χ2v) is 6.82. The lowest BCUT2D eigenvalue weighted by Crippen LogP contribution is -2.36. The van der Waals surface area contributed by atoms with Crippen LogP contribution in [0.25, 0.3) is 0 Å². The highest BCUT2D eigenvalue weighted by Gasteiger charge is 2.17. The van der Waals surface area contributed by atoms with Crippen LogP contribution in [0.15, 0.2) is 40.9 Å². The van der Waals surface area contributed by atoms with Crippen molar-refractivity contribution in [1.82, 2.24) is 0 Å². The van der Waals surface area contributed by atoms with Gasteiger partial charge in [-0.05, 0) is 50.1 Å². The van der Waals surface area contributed by atoms with Crippen LogP contribution in [-0.2, 0) is 9.59 Å². The summed E-state index contributed by atoms with van der Waals surface area (Å²) in [6, 6.07) is 11.4. The number of anilines is 2. The van der Waals surface area contributed by atoms with E-state index in [0.29, 0.717) is 5.69 Å².